The van der Waals surface area contributed by atoms with Crippen LogP contribution in [-0.2, 0) is 0 Å². The van der Waals surface area contributed by atoms with E-state index in [-0.39, 0.29) is 0 Å². The minimum absolute atomic E-state index is 0.987. The Labute approximate surface area is 142 Å². The van der Waals surface area contributed by atoms with E-state index in [2.05, 4.69) is 108 Å². The van der Waals surface area contributed by atoms with Crippen molar-refractivity contribution in [3.8, 4) is 0 Å². The van der Waals surface area contributed by atoms with Gasteiger partial charge in [-0.15, -0.1) is 0 Å². The van der Waals surface area contributed by atoms with E-state index >= 15 is 0 Å². The zero-order valence-corrected chi connectivity index (χ0v) is 14.4. The molecule has 0 N–H and O–H groups in total. The molecule has 0 spiro atoms. The molecule has 2 heterocycles. The van der Waals surface area contributed by atoms with E-state index < -0.39 is 0 Å². The number of fused-ring (bicyclic) bond motifs is 2. The van der Waals surface area contributed by atoms with Crippen LogP contribution in [-0.4, -0.2) is 28.2 Å². The monoisotopic (exact) mass is 316 g/mol. The molecule has 24 heavy (non-hydrogen) atoms. The van der Waals surface area contributed by atoms with E-state index in [4.69, 9.17) is 0 Å². The van der Waals surface area contributed by atoms with Gasteiger partial charge in [0.25, 0.3) is 0 Å². The first-order valence-electron chi connectivity index (χ1n) is 7.98. The van der Waals surface area contributed by atoms with Gasteiger partial charge >= 0.3 is 0 Å². The highest BCUT2D eigenvalue weighted by atomic mass is 15.4. The van der Waals surface area contributed by atoms with Gasteiger partial charge in [0.15, 0.2) is 11.6 Å². The Morgan fingerprint density at radius 1 is 0.500 bits per heavy atom. The van der Waals surface area contributed by atoms with Crippen molar-refractivity contribution in [2.75, 3.05) is 47.8 Å². The Hall–Kier alpha value is -3.06. The summed E-state index contributed by atoms with van der Waals surface area (Å²) in [4.78, 5) is 8.58. The third-order valence-electron chi connectivity index (χ3n) is 4.77. The molecule has 2 aromatic rings. The number of rotatable bonds is 0. The molecular formula is C20H20N4. The zero-order valence-electron chi connectivity index (χ0n) is 14.4. The first kappa shape index (κ1) is 14.5. The summed E-state index contributed by atoms with van der Waals surface area (Å²) in [5.74, 6) is 1.97. The van der Waals surface area contributed by atoms with Crippen LogP contribution in [0.15, 0.2) is 71.6 Å². The van der Waals surface area contributed by atoms with Gasteiger partial charge in [0.05, 0.1) is 22.7 Å². The van der Waals surface area contributed by atoms with Crippen LogP contribution in [0.5, 0.6) is 0 Å². The van der Waals surface area contributed by atoms with Crippen molar-refractivity contribution >= 4 is 22.7 Å². The molecule has 0 saturated heterocycles. The molecule has 0 saturated carbocycles. The minimum Gasteiger partial charge on any atom is -0.322 e. The summed E-state index contributed by atoms with van der Waals surface area (Å²) in [5, 5.41) is 0. The fourth-order valence-corrected chi connectivity index (χ4v) is 3.42. The highest BCUT2D eigenvalue weighted by Gasteiger charge is 2.27. The lowest BCUT2D eigenvalue weighted by atomic mass is 10.3. The second kappa shape index (κ2) is 5.24. The molecule has 0 amide bonds. The first-order valence-corrected chi connectivity index (χ1v) is 7.98. The van der Waals surface area contributed by atoms with Gasteiger partial charge in [0.2, 0.25) is 0 Å². The van der Waals surface area contributed by atoms with Crippen molar-refractivity contribution in [3.63, 3.8) is 0 Å². The summed E-state index contributed by atoms with van der Waals surface area (Å²) in [6.45, 7) is 0. The summed E-state index contributed by atoms with van der Waals surface area (Å²) >= 11 is 0. The Morgan fingerprint density at radius 3 is 1.00 bits per heavy atom. The van der Waals surface area contributed by atoms with E-state index in [9.17, 15) is 0 Å². The largest absolute Gasteiger partial charge is 0.322 e. The molecule has 0 unspecified atom stereocenters. The van der Waals surface area contributed by atoms with Crippen molar-refractivity contribution < 1.29 is 0 Å². The van der Waals surface area contributed by atoms with Gasteiger partial charge in [-0.1, -0.05) is 24.3 Å². The molecule has 0 aromatic heterocycles. The number of anilines is 4. The van der Waals surface area contributed by atoms with Crippen molar-refractivity contribution in [2.45, 2.75) is 0 Å². The lowest BCUT2D eigenvalue weighted by Gasteiger charge is -2.16. The van der Waals surface area contributed by atoms with Crippen LogP contribution in [0.2, 0.25) is 0 Å². The zero-order chi connectivity index (χ0) is 16.8. The molecule has 120 valence electrons. The Balaban J connectivity index is 1.83. The number of benzene rings is 2. The molecular weight excluding hydrogens is 296 g/mol. The van der Waals surface area contributed by atoms with Crippen LogP contribution in [0, 0.1) is 0 Å². The van der Waals surface area contributed by atoms with Gasteiger partial charge in [-0.2, -0.15) is 0 Å². The number of hydrogen-bond acceptors (Lipinski definition) is 4. The van der Waals surface area contributed by atoms with E-state index in [1.165, 1.54) is 22.7 Å². The highest BCUT2D eigenvalue weighted by Crippen LogP contribution is 2.40. The fraction of sp³-hybridized carbons (Fsp3) is 0.200. The van der Waals surface area contributed by atoms with Crippen molar-refractivity contribution in [1.29, 1.82) is 0 Å². The molecule has 2 aliphatic heterocycles. The Bertz CT molecular complexity index is 779. The second-order valence-electron chi connectivity index (χ2n) is 6.11. The lowest BCUT2D eigenvalue weighted by molar-refractivity contribution is 1.04. The molecule has 2 aromatic carbocycles. The molecule has 4 nitrogen and oxygen atoms in total. The highest BCUT2D eigenvalue weighted by molar-refractivity contribution is 5.83. The summed E-state index contributed by atoms with van der Waals surface area (Å²) in [5.41, 5.74) is 11.5. The smallest absolute Gasteiger partial charge is 0.166 e. The third-order valence-corrected chi connectivity index (χ3v) is 4.77. The maximum atomic E-state index is 3.36. The van der Waals surface area contributed by atoms with Crippen LogP contribution in [0.1, 0.15) is 0 Å². The average Bonchev–Trinajstić information content (AvgIpc) is 3.00. The van der Waals surface area contributed by atoms with E-state index in [0.29, 0.717) is 0 Å². The number of para-hydroxylation sites is 4. The topological polar surface area (TPSA) is 13.0 Å². The van der Waals surface area contributed by atoms with Crippen LogP contribution in [0.3, 0.4) is 0 Å². The van der Waals surface area contributed by atoms with Gasteiger partial charge in [0, 0.05) is 28.2 Å². The molecule has 0 fully saturated rings. The normalized spacial score (nSPS) is 15.5. The summed E-state index contributed by atoms with van der Waals surface area (Å²) < 4.78 is 0. The van der Waals surface area contributed by atoms with Gasteiger partial charge in [0.1, 0.15) is 0 Å². The van der Waals surface area contributed by atoms with Gasteiger partial charge in [-0.25, -0.2) is 0 Å². The molecule has 0 bridgehead atoms. The number of nitrogens with zero attached hydrogens (tertiary/aromatic N) is 4. The van der Waals surface area contributed by atoms with Crippen LogP contribution in [0.4, 0.5) is 22.7 Å². The number of hydrogen-bond donors (Lipinski definition) is 0. The molecule has 0 atom stereocenters. The standard InChI is InChI=1S/C20H20N4/c1-21-15-9-5-6-10-16(15)22(2)19(21)13-14-20-23(3)17-11-7-8-12-18(17)24(20)4/h5-12H,1-4H3. The predicted octanol–water partition coefficient (Wildman–Crippen LogP) is 3.60. The lowest BCUT2D eigenvalue weighted by Crippen LogP contribution is -2.22. The summed E-state index contributed by atoms with van der Waals surface area (Å²) in [7, 11) is 8.25. The quantitative estimate of drug-likeness (QED) is 0.689. The van der Waals surface area contributed by atoms with E-state index in [1.54, 1.807) is 0 Å². The van der Waals surface area contributed by atoms with Crippen LogP contribution >= 0.6 is 0 Å². The van der Waals surface area contributed by atoms with Crippen molar-refractivity contribution in [3.05, 3.63) is 71.6 Å². The van der Waals surface area contributed by atoms with Crippen LogP contribution < -0.4 is 19.6 Å². The SMILES string of the molecule is CN1C(=C=C=C2N(C)c3ccccc3N2C)N(C)c2ccccc21. The van der Waals surface area contributed by atoms with Gasteiger partial charge in [-0.05, 0) is 35.7 Å². The fourth-order valence-electron chi connectivity index (χ4n) is 3.42. The van der Waals surface area contributed by atoms with Crippen molar-refractivity contribution in [1.82, 2.24) is 0 Å². The maximum Gasteiger partial charge on any atom is 0.166 e. The van der Waals surface area contributed by atoms with Crippen molar-refractivity contribution in [2.24, 2.45) is 0 Å². The minimum atomic E-state index is 0.987. The molecule has 0 aliphatic carbocycles. The second-order valence-corrected chi connectivity index (χ2v) is 6.11. The Morgan fingerprint density at radius 2 is 0.750 bits per heavy atom. The Kier molecular flexibility index (Phi) is 3.17. The third kappa shape index (κ3) is 1.95. The maximum absolute atomic E-state index is 3.36. The predicted molar refractivity (Wildman–Crippen MR) is 101 cm³/mol. The average molecular weight is 316 g/mol. The molecule has 2 aliphatic rings. The van der Waals surface area contributed by atoms with E-state index in [0.717, 1.165) is 11.6 Å². The molecule has 0 radical (unpaired) electrons. The van der Waals surface area contributed by atoms with Gasteiger partial charge < -0.3 is 19.6 Å². The van der Waals surface area contributed by atoms with Gasteiger partial charge in [-0.3, -0.25) is 0 Å². The summed E-state index contributed by atoms with van der Waals surface area (Å²) in [6, 6.07) is 16.7. The summed E-state index contributed by atoms with van der Waals surface area (Å²) in [6.07, 6.45) is 0. The first-order chi connectivity index (χ1) is 11.6. The van der Waals surface area contributed by atoms with E-state index in [1.807, 2.05) is 0 Å². The molecule has 4 rings (SSSR count). The van der Waals surface area contributed by atoms with Crippen LogP contribution in [0.25, 0.3) is 0 Å². The molecule has 4 heteroatoms.